The van der Waals surface area contributed by atoms with Crippen LogP contribution in [0.5, 0.6) is 5.75 Å². The summed E-state index contributed by atoms with van der Waals surface area (Å²) >= 11 is 0. The monoisotopic (exact) mass is 280 g/mol. The Labute approximate surface area is 122 Å². The summed E-state index contributed by atoms with van der Waals surface area (Å²) in [7, 11) is 5.78. The Hall–Kier alpha value is -1.10. The molecule has 4 heteroatoms. The molecule has 2 unspecified atom stereocenters. The van der Waals surface area contributed by atoms with Gasteiger partial charge in [0.2, 0.25) is 0 Å². The van der Waals surface area contributed by atoms with Crippen molar-refractivity contribution in [3.05, 3.63) is 29.8 Å². The highest BCUT2D eigenvalue weighted by Gasteiger charge is 2.16. The Morgan fingerprint density at radius 1 is 1.35 bits per heavy atom. The van der Waals surface area contributed by atoms with Crippen molar-refractivity contribution in [1.82, 2.24) is 10.2 Å². The number of nitrogens with zero attached hydrogens (tertiary/aromatic N) is 1. The lowest BCUT2D eigenvalue weighted by atomic mass is 10.0. The fraction of sp³-hybridized carbons (Fsp3) is 0.625. The molecule has 1 aromatic rings. The third-order valence-electron chi connectivity index (χ3n) is 3.85. The van der Waals surface area contributed by atoms with Crippen LogP contribution in [0.3, 0.4) is 0 Å². The molecule has 0 saturated carbocycles. The molecule has 0 radical (unpaired) electrons. The number of benzene rings is 1. The third-order valence-corrected chi connectivity index (χ3v) is 3.85. The van der Waals surface area contributed by atoms with Crippen molar-refractivity contribution in [3.63, 3.8) is 0 Å². The van der Waals surface area contributed by atoms with E-state index in [0.717, 1.165) is 25.1 Å². The maximum atomic E-state index is 9.05. The zero-order chi connectivity index (χ0) is 15.0. The molecular formula is C16H28N2O2. The van der Waals surface area contributed by atoms with Crippen LogP contribution in [0.2, 0.25) is 0 Å². The molecule has 0 bridgehead atoms. The number of ether oxygens (including phenoxy) is 1. The first-order chi connectivity index (χ1) is 9.62. The molecule has 1 aromatic carbocycles. The van der Waals surface area contributed by atoms with Gasteiger partial charge in [0.1, 0.15) is 5.75 Å². The fourth-order valence-electron chi connectivity index (χ4n) is 2.36. The standard InChI is InChI=1S/C16H28N2O2/c1-13(18(3)12-15(17-2)9-10-19)11-14-7-5-6-8-16(14)20-4/h5-8,13,15,17,19H,9-12H2,1-4H3. The van der Waals surface area contributed by atoms with Gasteiger partial charge in [-0.15, -0.1) is 0 Å². The minimum absolute atomic E-state index is 0.222. The number of methoxy groups -OCH3 is 1. The summed E-state index contributed by atoms with van der Waals surface area (Å²) in [6.45, 7) is 3.37. The SMILES string of the molecule is CNC(CCO)CN(C)C(C)Cc1ccccc1OC. The van der Waals surface area contributed by atoms with Crippen LogP contribution in [-0.4, -0.2) is 56.4 Å². The molecule has 2 N–H and O–H groups in total. The minimum atomic E-state index is 0.222. The third kappa shape index (κ3) is 5.12. The second-order valence-corrected chi connectivity index (χ2v) is 5.30. The molecule has 0 aromatic heterocycles. The summed E-state index contributed by atoms with van der Waals surface area (Å²) in [5.74, 6) is 0.952. The van der Waals surface area contributed by atoms with Gasteiger partial charge in [-0.05, 0) is 45.5 Å². The van der Waals surface area contributed by atoms with E-state index in [1.807, 2.05) is 25.2 Å². The van der Waals surface area contributed by atoms with Gasteiger partial charge in [-0.3, -0.25) is 0 Å². The predicted octanol–water partition coefficient (Wildman–Crippen LogP) is 1.53. The molecule has 20 heavy (non-hydrogen) atoms. The smallest absolute Gasteiger partial charge is 0.122 e. The van der Waals surface area contributed by atoms with E-state index in [2.05, 4.69) is 30.3 Å². The molecule has 0 aliphatic rings. The van der Waals surface area contributed by atoms with Crippen LogP contribution in [0.25, 0.3) is 0 Å². The van der Waals surface area contributed by atoms with Gasteiger partial charge < -0.3 is 20.1 Å². The highest BCUT2D eigenvalue weighted by molar-refractivity contribution is 5.33. The Kier molecular flexibility index (Phi) is 7.59. The van der Waals surface area contributed by atoms with Crippen molar-refractivity contribution < 1.29 is 9.84 Å². The highest BCUT2D eigenvalue weighted by Crippen LogP contribution is 2.20. The van der Waals surface area contributed by atoms with E-state index in [-0.39, 0.29) is 6.61 Å². The number of rotatable bonds is 9. The highest BCUT2D eigenvalue weighted by atomic mass is 16.5. The van der Waals surface area contributed by atoms with Crippen LogP contribution in [0.1, 0.15) is 18.9 Å². The number of hydrogen-bond donors (Lipinski definition) is 2. The largest absolute Gasteiger partial charge is 0.496 e. The molecule has 0 heterocycles. The first kappa shape index (κ1) is 17.0. The number of hydrogen-bond acceptors (Lipinski definition) is 4. The molecule has 1 rings (SSSR count). The maximum absolute atomic E-state index is 9.05. The number of para-hydroxylation sites is 1. The van der Waals surface area contributed by atoms with Crippen LogP contribution in [0.15, 0.2) is 24.3 Å². The summed E-state index contributed by atoms with van der Waals surface area (Å²) < 4.78 is 5.40. The zero-order valence-corrected chi connectivity index (χ0v) is 13.1. The molecule has 0 aliphatic heterocycles. The van der Waals surface area contributed by atoms with E-state index in [4.69, 9.17) is 9.84 Å². The number of nitrogens with one attached hydrogen (secondary N) is 1. The molecule has 0 aliphatic carbocycles. The normalized spacial score (nSPS) is 14.3. The quantitative estimate of drug-likeness (QED) is 0.720. The molecule has 0 fully saturated rings. The summed E-state index contributed by atoms with van der Waals surface area (Å²) in [4.78, 5) is 2.32. The van der Waals surface area contributed by atoms with E-state index in [1.165, 1.54) is 5.56 Å². The van der Waals surface area contributed by atoms with Crippen LogP contribution in [0, 0.1) is 0 Å². The van der Waals surface area contributed by atoms with Gasteiger partial charge in [-0.2, -0.15) is 0 Å². The lowest BCUT2D eigenvalue weighted by Crippen LogP contribution is -2.42. The van der Waals surface area contributed by atoms with Crippen molar-refractivity contribution in [1.29, 1.82) is 0 Å². The second kappa shape index (κ2) is 8.95. The summed E-state index contributed by atoms with van der Waals surface area (Å²) in [6.07, 6.45) is 1.73. The second-order valence-electron chi connectivity index (χ2n) is 5.30. The molecule has 0 saturated heterocycles. The molecule has 2 atom stereocenters. The van der Waals surface area contributed by atoms with Gasteiger partial charge >= 0.3 is 0 Å². The van der Waals surface area contributed by atoms with Gasteiger partial charge in [-0.25, -0.2) is 0 Å². The van der Waals surface area contributed by atoms with Gasteiger partial charge in [0, 0.05) is 25.2 Å². The van der Waals surface area contributed by atoms with Crippen LogP contribution < -0.4 is 10.1 Å². The van der Waals surface area contributed by atoms with Gasteiger partial charge in [0.25, 0.3) is 0 Å². The van der Waals surface area contributed by atoms with Crippen molar-refractivity contribution >= 4 is 0 Å². The molecule has 0 spiro atoms. The Bertz CT molecular complexity index is 384. The topological polar surface area (TPSA) is 44.7 Å². The first-order valence-electron chi connectivity index (χ1n) is 7.22. The number of likely N-dealkylation sites (N-methyl/N-ethyl adjacent to an activating group) is 2. The summed E-state index contributed by atoms with van der Waals surface area (Å²) in [5.41, 5.74) is 1.23. The number of aliphatic hydroxyl groups excluding tert-OH is 1. The van der Waals surface area contributed by atoms with Crippen LogP contribution >= 0.6 is 0 Å². The summed E-state index contributed by atoms with van der Waals surface area (Å²) in [5, 5.41) is 12.3. The summed E-state index contributed by atoms with van der Waals surface area (Å²) in [6, 6.07) is 8.91. The van der Waals surface area contributed by atoms with Gasteiger partial charge in [-0.1, -0.05) is 18.2 Å². The van der Waals surface area contributed by atoms with Gasteiger partial charge in [0.15, 0.2) is 0 Å². The van der Waals surface area contributed by atoms with E-state index in [0.29, 0.717) is 12.1 Å². The maximum Gasteiger partial charge on any atom is 0.122 e. The Morgan fingerprint density at radius 3 is 2.65 bits per heavy atom. The lowest BCUT2D eigenvalue weighted by molar-refractivity contribution is 0.202. The Morgan fingerprint density at radius 2 is 2.05 bits per heavy atom. The lowest BCUT2D eigenvalue weighted by Gasteiger charge is -2.29. The van der Waals surface area contributed by atoms with E-state index >= 15 is 0 Å². The minimum Gasteiger partial charge on any atom is -0.496 e. The van der Waals surface area contributed by atoms with Crippen molar-refractivity contribution in [2.75, 3.05) is 34.4 Å². The van der Waals surface area contributed by atoms with Crippen LogP contribution in [0.4, 0.5) is 0 Å². The molecule has 114 valence electrons. The average Bonchev–Trinajstić information content (AvgIpc) is 2.47. The number of aliphatic hydroxyl groups is 1. The first-order valence-corrected chi connectivity index (χ1v) is 7.22. The van der Waals surface area contributed by atoms with E-state index in [1.54, 1.807) is 7.11 Å². The van der Waals surface area contributed by atoms with Crippen molar-refractivity contribution in [2.24, 2.45) is 0 Å². The van der Waals surface area contributed by atoms with Crippen molar-refractivity contribution in [2.45, 2.75) is 31.8 Å². The van der Waals surface area contributed by atoms with Crippen molar-refractivity contribution in [3.8, 4) is 5.75 Å². The van der Waals surface area contributed by atoms with Gasteiger partial charge in [0.05, 0.1) is 7.11 Å². The van der Waals surface area contributed by atoms with E-state index in [9.17, 15) is 0 Å². The molecule has 4 nitrogen and oxygen atoms in total. The predicted molar refractivity (Wildman–Crippen MR) is 83.3 cm³/mol. The van der Waals surface area contributed by atoms with Crippen LogP contribution in [-0.2, 0) is 6.42 Å². The fourth-order valence-corrected chi connectivity index (χ4v) is 2.36. The molecular weight excluding hydrogens is 252 g/mol. The molecule has 0 amide bonds. The Balaban J connectivity index is 2.58. The van der Waals surface area contributed by atoms with E-state index < -0.39 is 0 Å². The average molecular weight is 280 g/mol. The zero-order valence-electron chi connectivity index (χ0n) is 13.1.